The molecule has 1 heterocycles. The van der Waals surface area contributed by atoms with E-state index in [1.54, 1.807) is 0 Å². The van der Waals surface area contributed by atoms with Crippen molar-refractivity contribution < 1.29 is 14.4 Å². The number of likely N-dealkylation sites (N-methyl/N-ethyl adjacent to an activating group) is 1. The fraction of sp³-hybridized carbons (Fsp3) is 0.286. The molecule has 0 aliphatic carbocycles. The molecule has 1 unspecified atom stereocenters. The molecule has 0 radical (unpaired) electrons. The Kier molecular flexibility index (Phi) is 2.28. The molecule has 1 aliphatic rings. The number of carbonyl (C=O) groups is 3. The third kappa shape index (κ3) is 1.04. The monoisotopic (exact) mass is 187 g/mol. The predicted octanol–water partition coefficient (Wildman–Crippen LogP) is -0.282. The van der Waals surface area contributed by atoms with Crippen LogP contribution >= 0.6 is 11.6 Å². The van der Waals surface area contributed by atoms with Gasteiger partial charge in [-0.1, -0.05) is 11.6 Å². The first kappa shape index (κ1) is 8.93. The number of nitrogens with zero attached hydrogens (tertiary/aromatic N) is 1. The van der Waals surface area contributed by atoms with E-state index in [-0.39, 0.29) is 11.1 Å². The minimum atomic E-state index is -0.810. The minimum Gasteiger partial charge on any atom is -0.321 e. The van der Waals surface area contributed by atoms with Gasteiger partial charge < -0.3 is 4.90 Å². The van der Waals surface area contributed by atoms with Crippen molar-refractivity contribution in [1.82, 2.24) is 4.90 Å². The van der Waals surface area contributed by atoms with E-state index in [0.29, 0.717) is 12.6 Å². The highest BCUT2D eigenvalue weighted by molar-refractivity contribution is 6.31. The van der Waals surface area contributed by atoms with Crippen LogP contribution < -0.4 is 0 Å². The number of halogens is 1. The van der Waals surface area contributed by atoms with Crippen LogP contribution in [0.5, 0.6) is 0 Å². The number of amides is 1. The fourth-order valence-electron chi connectivity index (χ4n) is 0.991. The molecular formula is C7H6ClNO3. The third-order valence-corrected chi connectivity index (χ3v) is 2.23. The van der Waals surface area contributed by atoms with Crippen LogP contribution in [0.2, 0.25) is 0 Å². The molecule has 0 bridgehead atoms. The zero-order valence-electron chi connectivity index (χ0n) is 6.28. The van der Waals surface area contributed by atoms with Crippen LogP contribution in [0.3, 0.4) is 0 Å². The molecule has 0 aromatic rings. The van der Waals surface area contributed by atoms with E-state index < -0.39 is 11.4 Å². The molecule has 5 heteroatoms. The quantitative estimate of drug-likeness (QED) is 0.259. The lowest BCUT2D eigenvalue weighted by atomic mass is 10.2. The van der Waals surface area contributed by atoms with Gasteiger partial charge in [-0.3, -0.25) is 14.4 Å². The summed E-state index contributed by atoms with van der Waals surface area (Å²) in [6, 6.07) is 0. The summed E-state index contributed by atoms with van der Waals surface area (Å²) in [7, 11) is 1.43. The molecule has 1 atom stereocenters. The molecule has 0 aromatic carbocycles. The molecule has 0 fully saturated rings. The fourth-order valence-corrected chi connectivity index (χ4v) is 1.25. The molecule has 0 spiro atoms. The van der Waals surface area contributed by atoms with Crippen LogP contribution in [0.25, 0.3) is 0 Å². The Morgan fingerprint density at radius 1 is 1.42 bits per heavy atom. The molecule has 1 aliphatic heterocycles. The van der Waals surface area contributed by atoms with E-state index >= 15 is 0 Å². The number of hydrogen-bond acceptors (Lipinski definition) is 3. The Hall–Kier alpha value is -1.16. The highest BCUT2D eigenvalue weighted by Gasteiger charge is 2.34. The van der Waals surface area contributed by atoms with Gasteiger partial charge in [0.25, 0.3) is 5.91 Å². The number of alkyl halides is 1. The van der Waals surface area contributed by atoms with Crippen molar-refractivity contribution in [2.45, 2.75) is 5.50 Å². The second-order valence-corrected chi connectivity index (χ2v) is 2.77. The summed E-state index contributed by atoms with van der Waals surface area (Å²) < 4.78 is 0. The molecule has 4 nitrogen and oxygen atoms in total. The molecular weight excluding hydrogens is 182 g/mol. The van der Waals surface area contributed by atoms with Crippen LogP contribution in [0.1, 0.15) is 0 Å². The molecule has 12 heavy (non-hydrogen) atoms. The first-order chi connectivity index (χ1) is 5.63. The van der Waals surface area contributed by atoms with Crippen LogP contribution in [-0.4, -0.2) is 35.9 Å². The van der Waals surface area contributed by atoms with Crippen molar-refractivity contribution in [3.05, 3.63) is 11.1 Å². The molecule has 0 N–H and O–H groups in total. The Bertz CT molecular complexity index is 284. The summed E-state index contributed by atoms with van der Waals surface area (Å²) >= 11 is 5.65. The standard InChI is InChI=1S/C7H6ClNO3/c1-9-6(8)4(2-10)5(3-11)7(9)12/h2-3,6H,1H3. The van der Waals surface area contributed by atoms with Gasteiger partial charge in [-0.15, -0.1) is 0 Å². The van der Waals surface area contributed by atoms with Gasteiger partial charge in [-0.25, -0.2) is 0 Å². The normalized spacial score (nSPS) is 23.3. The number of hydrogen-bond donors (Lipinski definition) is 0. The van der Waals surface area contributed by atoms with Gasteiger partial charge in [0.2, 0.25) is 0 Å². The second-order valence-electron chi connectivity index (χ2n) is 2.36. The number of carbonyl (C=O) groups excluding carboxylic acids is 3. The van der Waals surface area contributed by atoms with Crippen LogP contribution in [0, 0.1) is 0 Å². The predicted molar refractivity (Wildman–Crippen MR) is 41.6 cm³/mol. The molecule has 1 rings (SSSR count). The first-order valence-electron chi connectivity index (χ1n) is 3.19. The highest BCUT2D eigenvalue weighted by Crippen LogP contribution is 2.24. The molecule has 0 aromatic heterocycles. The Morgan fingerprint density at radius 3 is 2.33 bits per heavy atom. The summed E-state index contributed by atoms with van der Waals surface area (Å²) in [6.07, 6.45) is 0.785. The maximum Gasteiger partial charge on any atom is 0.258 e. The third-order valence-electron chi connectivity index (χ3n) is 1.70. The zero-order chi connectivity index (χ0) is 9.30. The summed E-state index contributed by atoms with van der Waals surface area (Å²) in [4.78, 5) is 33.0. The lowest BCUT2D eigenvalue weighted by Crippen LogP contribution is -2.27. The molecule has 0 saturated carbocycles. The van der Waals surface area contributed by atoms with Gasteiger partial charge >= 0.3 is 0 Å². The second kappa shape index (κ2) is 3.06. The smallest absolute Gasteiger partial charge is 0.258 e. The van der Waals surface area contributed by atoms with Crippen molar-refractivity contribution in [2.75, 3.05) is 7.05 Å². The van der Waals surface area contributed by atoms with Crippen LogP contribution in [-0.2, 0) is 14.4 Å². The Labute approximate surface area is 73.8 Å². The lowest BCUT2D eigenvalue weighted by Gasteiger charge is -2.13. The van der Waals surface area contributed by atoms with Gasteiger partial charge in [-0.05, 0) is 0 Å². The Balaban J connectivity index is 3.17. The zero-order valence-corrected chi connectivity index (χ0v) is 7.04. The van der Waals surface area contributed by atoms with Gasteiger partial charge in [0.1, 0.15) is 11.8 Å². The van der Waals surface area contributed by atoms with Gasteiger partial charge in [0.05, 0.1) is 5.57 Å². The SMILES string of the molecule is CN1C(=O)C(C=O)=C(C=O)C1Cl. The Morgan fingerprint density at radius 2 is 2.00 bits per heavy atom. The van der Waals surface area contributed by atoms with Crippen LogP contribution in [0.15, 0.2) is 11.1 Å². The van der Waals surface area contributed by atoms with Crippen molar-refractivity contribution in [1.29, 1.82) is 0 Å². The summed E-state index contributed by atoms with van der Waals surface area (Å²) in [6.45, 7) is 0. The van der Waals surface area contributed by atoms with E-state index in [1.807, 2.05) is 0 Å². The largest absolute Gasteiger partial charge is 0.321 e. The molecule has 64 valence electrons. The summed E-state index contributed by atoms with van der Waals surface area (Å²) in [5.41, 5.74) is -0.915. The van der Waals surface area contributed by atoms with Crippen molar-refractivity contribution in [3.8, 4) is 0 Å². The minimum absolute atomic E-state index is 0.0409. The number of aldehydes is 2. The van der Waals surface area contributed by atoms with E-state index in [4.69, 9.17) is 11.6 Å². The van der Waals surface area contributed by atoms with Crippen molar-refractivity contribution in [2.24, 2.45) is 0 Å². The highest BCUT2D eigenvalue weighted by atomic mass is 35.5. The summed E-state index contributed by atoms with van der Waals surface area (Å²) in [5.74, 6) is -0.507. The van der Waals surface area contributed by atoms with E-state index in [1.165, 1.54) is 7.05 Å². The maximum absolute atomic E-state index is 11.1. The van der Waals surface area contributed by atoms with E-state index in [9.17, 15) is 14.4 Å². The molecule has 1 amide bonds. The van der Waals surface area contributed by atoms with Gasteiger partial charge in [-0.2, -0.15) is 0 Å². The summed E-state index contributed by atoms with van der Waals surface area (Å²) in [5, 5.41) is 0. The van der Waals surface area contributed by atoms with E-state index in [0.717, 1.165) is 4.90 Å². The molecule has 0 saturated heterocycles. The van der Waals surface area contributed by atoms with Crippen molar-refractivity contribution >= 4 is 30.1 Å². The topological polar surface area (TPSA) is 54.5 Å². The van der Waals surface area contributed by atoms with Crippen LogP contribution in [0.4, 0.5) is 0 Å². The maximum atomic E-state index is 11.1. The lowest BCUT2D eigenvalue weighted by molar-refractivity contribution is -0.125. The first-order valence-corrected chi connectivity index (χ1v) is 3.63. The van der Waals surface area contributed by atoms with Gasteiger partial charge in [0.15, 0.2) is 6.29 Å². The average Bonchev–Trinajstić information content (AvgIpc) is 2.29. The average molecular weight is 188 g/mol. The van der Waals surface area contributed by atoms with E-state index in [2.05, 4.69) is 0 Å². The van der Waals surface area contributed by atoms with Crippen molar-refractivity contribution in [3.63, 3.8) is 0 Å². The van der Waals surface area contributed by atoms with Gasteiger partial charge in [0, 0.05) is 12.6 Å². The number of rotatable bonds is 2.